The summed E-state index contributed by atoms with van der Waals surface area (Å²) in [6.07, 6.45) is 1.63. The highest BCUT2D eigenvalue weighted by atomic mass is 32.2. The second-order valence-corrected chi connectivity index (χ2v) is 8.43. The van der Waals surface area contributed by atoms with Crippen molar-refractivity contribution in [3.8, 4) is 6.07 Å². The lowest BCUT2D eigenvalue weighted by molar-refractivity contribution is 0.336. The summed E-state index contributed by atoms with van der Waals surface area (Å²) in [6, 6.07) is 1.89. The highest BCUT2D eigenvalue weighted by Gasteiger charge is 2.38. The van der Waals surface area contributed by atoms with E-state index >= 15 is 0 Å². The molecule has 2 atom stereocenters. The van der Waals surface area contributed by atoms with Crippen molar-refractivity contribution in [1.29, 1.82) is 5.26 Å². The maximum absolute atomic E-state index is 12.7. The van der Waals surface area contributed by atoms with Crippen LogP contribution in [-0.2, 0) is 10.2 Å². The normalized spacial score (nSPS) is 21.6. The Morgan fingerprint density at radius 3 is 2.95 bits per heavy atom. The van der Waals surface area contributed by atoms with Crippen LogP contribution in [0.1, 0.15) is 36.5 Å². The van der Waals surface area contributed by atoms with Gasteiger partial charge in [0.2, 0.25) is 0 Å². The molecule has 0 bridgehead atoms. The van der Waals surface area contributed by atoms with E-state index in [0.717, 1.165) is 23.5 Å². The topological polar surface area (TPSA) is 77.3 Å². The monoisotopic (exact) mass is 328 g/mol. The number of nitriles is 1. The first-order valence-corrected chi connectivity index (χ1v) is 9.18. The molecule has 0 saturated carbocycles. The summed E-state index contributed by atoms with van der Waals surface area (Å²) in [7, 11) is -2.02. The van der Waals surface area contributed by atoms with Crippen molar-refractivity contribution in [2.24, 2.45) is 5.92 Å². The van der Waals surface area contributed by atoms with E-state index in [2.05, 4.69) is 11.1 Å². The van der Waals surface area contributed by atoms with Gasteiger partial charge in [-0.2, -0.15) is 22.3 Å². The average molecular weight is 328 g/mol. The number of aromatic nitrogens is 1. The molecule has 0 spiro atoms. The number of hydrogen-bond acceptors (Lipinski definition) is 5. The summed E-state index contributed by atoms with van der Waals surface area (Å²) in [5.41, 5.74) is 0.834. The van der Waals surface area contributed by atoms with Crippen LogP contribution in [0.15, 0.2) is 5.38 Å². The molecule has 1 saturated heterocycles. The van der Waals surface area contributed by atoms with Gasteiger partial charge in [0, 0.05) is 25.5 Å². The van der Waals surface area contributed by atoms with Crippen molar-refractivity contribution in [1.82, 2.24) is 13.6 Å². The van der Waals surface area contributed by atoms with Crippen molar-refractivity contribution >= 4 is 21.5 Å². The summed E-state index contributed by atoms with van der Waals surface area (Å²) in [5.74, 6) is -0.327. The highest BCUT2D eigenvalue weighted by molar-refractivity contribution is 7.86. The van der Waals surface area contributed by atoms with Crippen LogP contribution in [-0.4, -0.2) is 42.1 Å². The molecule has 1 aromatic rings. The third-order valence-electron chi connectivity index (χ3n) is 3.62. The van der Waals surface area contributed by atoms with E-state index in [9.17, 15) is 8.42 Å². The molecule has 1 fully saturated rings. The standard InChI is InChI=1S/C13H20N4O2S2/c1-10(7-14)8-16(3)21(18,19)17-6-4-5-13(17)12-9-20-11(2)15-12/h9-10,13H,4-6,8H2,1-3H3/t10-,13-/m0/s1. The zero-order valence-electron chi connectivity index (χ0n) is 12.5. The van der Waals surface area contributed by atoms with E-state index in [1.165, 1.54) is 27.0 Å². The zero-order chi connectivity index (χ0) is 15.6. The first-order chi connectivity index (χ1) is 9.86. The molecule has 0 amide bonds. The smallest absolute Gasteiger partial charge is 0.245 e. The summed E-state index contributed by atoms with van der Waals surface area (Å²) < 4.78 is 28.2. The van der Waals surface area contributed by atoms with Crippen LogP contribution in [0, 0.1) is 24.2 Å². The van der Waals surface area contributed by atoms with Gasteiger partial charge in [0.05, 0.1) is 28.7 Å². The molecular formula is C13H20N4O2S2. The van der Waals surface area contributed by atoms with Gasteiger partial charge in [0.1, 0.15) is 0 Å². The number of nitrogens with zero attached hydrogens (tertiary/aromatic N) is 4. The van der Waals surface area contributed by atoms with Crippen LogP contribution in [0.5, 0.6) is 0 Å². The summed E-state index contributed by atoms with van der Waals surface area (Å²) in [4.78, 5) is 4.43. The predicted molar refractivity (Wildman–Crippen MR) is 81.9 cm³/mol. The highest BCUT2D eigenvalue weighted by Crippen LogP contribution is 2.35. The quantitative estimate of drug-likeness (QED) is 0.827. The Morgan fingerprint density at radius 2 is 2.38 bits per heavy atom. The van der Waals surface area contributed by atoms with Crippen LogP contribution in [0.25, 0.3) is 0 Å². The van der Waals surface area contributed by atoms with Crippen LogP contribution >= 0.6 is 11.3 Å². The van der Waals surface area contributed by atoms with Crippen molar-refractivity contribution in [2.45, 2.75) is 32.7 Å². The molecule has 2 heterocycles. The molecule has 0 N–H and O–H groups in total. The van der Waals surface area contributed by atoms with Crippen LogP contribution in [0.3, 0.4) is 0 Å². The van der Waals surface area contributed by atoms with Crippen molar-refractivity contribution < 1.29 is 8.42 Å². The largest absolute Gasteiger partial charge is 0.282 e. The maximum Gasteiger partial charge on any atom is 0.282 e. The third kappa shape index (κ3) is 3.43. The van der Waals surface area contributed by atoms with Crippen LogP contribution < -0.4 is 0 Å². The number of aryl methyl sites for hydroxylation is 1. The van der Waals surface area contributed by atoms with Crippen molar-refractivity contribution in [3.63, 3.8) is 0 Å². The molecule has 21 heavy (non-hydrogen) atoms. The summed E-state index contributed by atoms with van der Waals surface area (Å²) in [5, 5.41) is 11.7. The molecular weight excluding hydrogens is 308 g/mol. The third-order valence-corrected chi connectivity index (χ3v) is 6.38. The van der Waals surface area contributed by atoms with Gasteiger partial charge in [-0.25, -0.2) is 4.98 Å². The first kappa shape index (κ1) is 16.4. The molecule has 2 rings (SSSR count). The molecule has 0 aliphatic carbocycles. The van der Waals surface area contributed by atoms with Gasteiger partial charge in [0.25, 0.3) is 10.2 Å². The summed E-state index contributed by atoms with van der Waals surface area (Å²) >= 11 is 1.54. The van der Waals surface area contributed by atoms with Gasteiger partial charge in [-0.15, -0.1) is 11.3 Å². The van der Waals surface area contributed by atoms with E-state index in [4.69, 9.17) is 5.26 Å². The van der Waals surface area contributed by atoms with Crippen LogP contribution in [0.2, 0.25) is 0 Å². The second-order valence-electron chi connectivity index (χ2n) is 5.38. The molecule has 1 aliphatic heterocycles. The Morgan fingerprint density at radius 1 is 1.67 bits per heavy atom. The number of rotatable bonds is 5. The van der Waals surface area contributed by atoms with Gasteiger partial charge in [-0.3, -0.25) is 0 Å². The Bertz CT molecular complexity index is 635. The lowest BCUT2D eigenvalue weighted by Gasteiger charge is -2.28. The molecule has 0 radical (unpaired) electrons. The molecule has 1 aromatic heterocycles. The van der Waals surface area contributed by atoms with Gasteiger partial charge in [-0.05, 0) is 26.7 Å². The maximum atomic E-state index is 12.7. The molecule has 8 heteroatoms. The van der Waals surface area contributed by atoms with Gasteiger partial charge in [0.15, 0.2) is 0 Å². The molecule has 6 nitrogen and oxygen atoms in total. The SMILES string of the molecule is Cc1nc([C@@H]2CCCN2S(=O)(=O)N(C)C[C@@H](C)C#N)cs1. The molecule has 0 aromatic carbocycles. The minimum absolute atomic E-state index is 0.181. The zero-order valence-corrected chi connectivity index (χ0v) is 14.1. The molecule has 1 aliphatic rings. The minimum atomic E-state index is -3.55. The fourth-order valence-electron chi connectivity index (χ4n) is 2.54. The molecule has 0 unspecified atom stereocenters. The van der Waals surface area contributed by atoms with Gasteiger partial charge < -0.3 is 0 Å². The van der Waals surface area contributed by atoms with E-state index in [0.29, 0.717) is 6.54 Å². The predicted octanol–water partition coefficient (Wildman–Crippen LogP) is 1.92. The lowest BCUT2D eigenvalue weighted by Crippen LogP contribution is -2.43. The van der Waals surface area contributed by atoms with E-state index < -0.39 is 10.2 Å². The first-order valence-electron chi connectivity index (χ1n) is 6.91. The Balaban J connectivity index is 2.20. The number of thiazole rings is 1. The van der Waals surface area contributed by atoms with Crippen molar-refractivity contribution in [3.05, 3.63) is 16.1 Å². The Labute approximate surface area is 130 Å². The fourth-order valence-corrected chi connectivity index (χ4v) is 4.87. The van der Waals surface area contributed by atoms with Gasteiger partial charge >= 0.3 is 0 Å². The fraction of sp³-hybridized carbons (Fsp3) is 0.692. The van der Waals surface area contributed by atoms with E-state index in [1.807, 2.05) is 12.3 Å². The van der Waals surface area contributed by atoms with Crippen molar-refractivity contribution in [2.75, 3.05) is 20.1 Å². The second kappa shape index (κ2) is 6.40. The average Bonchev–Trinajstić information content (AvgIpc) is 3.06. The molecule has 116 valence electrons. The summed E-state index contributed by atoms with van der Waals surface area (Å²) in [6.45, 7) is 4.35. The van der Waals surface area contributed by atoms with Gasteiger partial charge in [-0.1, -0.05) is 0 Å². The lowest BCUT2D eigenvalue weighted by atomic mass is 10.2. The van der Waals surface area contributed by atoms with Crippen LogP contribution in [0.4, 0.5) is 0 Å². The Kier molecular flexibility index (Phi) is 4.99. The minimum Gasteiger partial charge on any atom is -0.245 e. The van der Waals surface area contributed by atoms with E-state index in [-0.39, 0.29) is 18.5 Å². The Hall–Kier alpha value is -1.01. The number of hydrogen-bond donors (Lipinski definition) is 0. The van der Waals surface area contributed by atoms with E-state index in [1.54, 1.807) is 6.92 Å².